The molecule has 1 amide bonds. The van der Waals surface area contributed by atoms with Crippen molar-refractivity contribution in [2.45, 2.75) is 38.8 Å². The van der Waals surface area contributed by atoms with Gasteiger partial charge in [-0.2, -0.15) is 0 Å². The first-order chi connectivity index (χ1) is 7.89. The first-order valence-corrected chi connectivity index (χ1v) is 5.37. The Labute approximate surface area is 99.7 Å². The summed E-state index contributed by atoms with van der Waals surface area (Å²) < 4.78 is 1.80. The molecule has 6 heteroatoms. The standard InChI is InChI=1S/C11H17N3O3/c1-11(2,7-10(16)17)13-9(15)3-5-14-6-4-12-8-14/h4,6,8H,3,5,7H2,1-2H3,(H,13,15)(H,16,17). The van der Waals surface area contributed by atoms with Crippen molar-refractivity contribution in [3.8, 4) is 0 Å². The smallest absolute Gasteiger partial charge is 0.305 e. The topological polar surface area (TPSA) is 84.2 Å². The molecule has 0 bridgehead atoms. The molecule has 1 heterocycles. The van der Waals surface area contributed by atoms with E-state index in [0.29, 0.717) is 13.0 Å². The van der Waals surface area contributed by atoms with Crippen molar-refractivity contribution >= 4 is 11.9 Å². The summed E-state index contributed by atoms with van der Waals surface area (Å²) in [6.45, 7) is 3.92. The van der Waals surface area contributed by atoms with Gasteiger partial charge in [0.05, 0.1) is 12.7 Å². The number of nitrogens with zero attached hydrogens (tertiary/aromatic N) is 2. The summed E-state index contributed by atoms with van der Waals surface area (Å²) in [5.41, 5.74) is -0.724. The third-order valence-electron chi connectivity index (χ3n) is 2.23. The van der Waals surface area contributed by atoms with Gasteiger partial charge < -0.3 is 15.0 Å². The van der Waals surface area contributed by atoms with E-state index in [1.807, 2.05) is 0 Å². The van der Waals surface area contributed by atoms with Crippen LogP contribution in [0.4, 0.5) is 0 Å². The highest BCUT2D eigenvalue weighted by atomic mass is 16.4. The van der Waals surface area contributed by atoms with Crippen molar-refractivity contribution in [2.75, 3.05) is 0 Å². The van der Waals surface area contributed by atoms with E-state index in [4.69, 9.17) is 5.11 Å². The molecule has 0 aliphatic heterocycles. The fraction of sp³-hybridized carbons (Fsp3) is 0.545. The summed E-state index contributed by atoms with van der Waals surface area (Å²) in [5, 5.41) is 11.4. The highest BCUT2D eigenvalue weighted by Crippen LogP contribution is 2.08. The van der Waals surface area contributed by atoms with Crippen LogP contribution in [0.3, 0.4) is 0 Å². The molecule has 0 saturated heterocycles. The van der Waals surface area contributed by atoms with Crippen molar-refractivity contribution in [3.05, 3.63) is 18.7 Å². The Balaban J connectivity index is 2.36. The molecule has 0 aliphatic rings. The monoisotopic (exact) mass is 239 g/mol. The number of imidazole rings is 1. The minimum Gasteiger partial charge on any atom is -0.481 e. The van der Waals surface area contributed by atoms with Crippen LogP contribution in [0.5, 0.6) is 0 Å². The van der Waals surface area contributed by atoms with E-state index in [1.54, 1.807) is 37.1 Å². The molecule has 0 radical (unpaired) electrons. The lowest BCUT2D eigenvalue weighted by molar-refractivity contribution is -0.138. The fourth-order valence-corrected chi connectivity index (χ4v) is 1.51. The summed E-state index contributed by atoms with van der Waals surface area (Å²) in [4.78, 5) is 26.0. The zero-order valence-electron chi connectivity index (χ0n) is 10.0. The summed E-state index contributed by atoms with van der Waals surface area (Å²) in [5.74, 6) is -1.09. The van der Waals surface area contributed by atoms with Crippen LogP contribution < -0.4 is 5.32 Å². The number of aromatic nitrogens is 2. The average molecular weight is 239 g/mol. The van der Waals surface area contributed by atoms with Crippen molar-refractivity contribution in [1.82, 2.24) is 14.9 Å². The molecule has 94 valence electrons. The number of hydrogen-bond donors (Lipinski definition) is 2. The van der Waals surface area contributed by atoms with Crippen LogP contribution >= 0.6 is 0 Å². The fourth-order valence-electron chi connectivity index (χ4n) is 1.51. The van der Waals surface area contributed by atoms with Gasteiger partial charge in [0, 0.05) is 30.9 Å². The largest absolute Gasteiger partial charge is 0.481 e. The normalized spacial score (nSPS) is 11.2. The highest BCUT2D eigenvalue weighted by Gasteiger charge is 2.23. The average Bonchev–Trinajstić information content (AvgIpc) is 2.63. The maximum Gasteiger partial charge on any atom is 0.305 e. The van der Waals surface area contributed by atoms with E-state index in [2.05, 4.69) is 10.3 Å². The first-order valence-electron chi connectivity index (χ1n) is 5.37. The van der Waals surface area contributed by atoms with E-state index in [1.165, 1.54) is 0 Å². The Kier molecular flexibility index (Phi) is 4.25. The number of rotatable bonds is 6. The third-order valence-corrected chi connectivity index (χ3v) is 2.23. The summed E-state index contributed by atoms with van der Waals surface area (Å²) in [7, 11) is 0. The number of aryl methyl sites for hydroxylation is 1. The Hall–Kier alpha value is -1.85. The van der Waals surface area contributed by atoms with Crippen molar-refractivity contribution < 1.29 is 14.7 Å². The van der Waals surface area contributed by atoms with Gasteiger partial charge in [-0.1, -0.05) is 0 Å². The van der Waals surface area contributed by atoms with Gasteiger partial charge in [-0.05, 0) is 13.8 Å². The number of carbonyl (C=O) groups excluding carboxylic acids is 1. The quantitative estimate of drug-likeness (QED) is 0.763. The summed E-state index contributed by atoms with van der Waals surface area (Å²) in [6, 6.07) is 0. The van der Waals surface area contributed by atoms with Gasteiger partial charge in [0.1, 0.15) is 0 Å². The second kappa shape index (κ2) is 5.47. The number of hydrogen-bond acceptors (Lipinski definition) is 3. The lowest BCUT2D eigenvalue weighted by Gasteiger charge is -2.24. The molecule has 0 aromatic carbocycles. The number of carboxylic acids is 1. The SMILES string of the molecule is CC(C)(CC(=O)O)NC(=O)CCn1ccnc1. The Morgan fingerprint density at radius 1 is 1.47 bits per heavy atom. The molecule has 1 rings (SSSR count). The Bertz CT molecular complexity index is 385. The lowest BCUT2D eigenvalue weighted by atomic mass is 10.0. The number of nitrogens with one attached hydrogen (secondary N) is 1. The maximum absolute atomic E-state index is 11.6. The van der Waals surface area contributed by atoms with Gasteiger partial charge >= 0.3 is 5.97 Å². The van der Waals surface area contributed by atoms with E-state index in [-0.39, 0.29) is 12.3 Å². The molecule has 0 fully saturated rings. The minimum absolute atomic E-state index is 0.0934. The van der Waals surface area contributed by atoms with Crippen LogP contribution in [0.25, 0.3) is 0 Å². The second-order valence-corrected chi connectivity index (χ2v) is 4.55. The second-order valence-electron chi connectivity index (χ2n) is 4.55. The van der Waals surface area contributed by atoms with Gasteiger partial charge in [-0.25, -0.2) is 4.98 Å². The van der Waals surface area contributed by atoms with Crippen LogP contribution in [0, 0.1) is 0 Å². The third kappa shape index (κ3) is 5.14. The molecule has 0 atom stereocenters. The molecule has 0 spiro atoms. The molecule has 6 nitrogen and oxygen atoms in total. The molecule has 0 aliphatic carbocycles. The summed E-state index contributed by atoms with van der Waals surface area (Å²) in [6.07, 6.45) is 5.26. The lowest BCUT2D eigenvalue weighted by Crippen LogP contribution is -2.45. The van der Waals surface area contributed by atoms with E-state index < -0.39 is 11.5 Å². The Morgan fingerprint density at radius 3 is 2.71 bits per heavy atom. The molecule has 0 unspecified atom stereocenters. The number of carboxylic acid groups (broad SMARTS) is 1. The van der Waals surface area contributed by atoms with Crippen LogP contribution in [-0.2, 0) is 16.1 Å². The summed E-state index contributed by atoms with van der Waals surface area (Å²) >= 11 is 0. The van der Waals surface area contributed by atoms with Gasteiger partial charge in [0.25, 0.3) is 0 Å². The van der Waals surface area contributed by atoms with E-state index >= 15 is 0 Å². The van der Waals surface area contributed by atoms with Gasteiger partial charge in [0.15, 0.2) is 0 Å². The number of amides is 1. The van der Waals surface area contributed by atoms with Crippen molar-refractivity contribution in [1.29, 1.82) is 0 Å². The molecule has 17 heavy (non-hydrogen) atoms. The number of carbonyl (C=O) groups is 2. The molecule has 1 aromatic heterocycles. The van der Waals surface area contributed by atoms with Gasteiger partial charge in [-0.15, -0.1) is 0 Å². The Morgan fingerprint density at radius 2 is 2.18 bits per heavy atom. The van der Waals surface area contributed by atoms with Gasteiger partial charge in [0.2, 0.25) is 5.91 Å². The molecular weight excluding hydrogens is 222 g/mol. The zero-order valence-corrected chi connectivity index (χ0v) is 10.0. The van der Waals surface area contributed by atoms with Crippen LogP contribution in [0.1, 0.15) is 26.7 Å². The highest BCUT2D eigenvalue weighted by molar-refractivity contribution is 5.78. The van der Waals surface area contributed by atoms with Crippen LogP contribution in [-0.4, -0.2) is 32.1 Å². The van der Waals surface area contributed by atoms with Crippen LogP contribution in [0.2, 0.25) is 0 Å². The molecular formula is C11H17N3O3. The van der Waals surface area contributed by atoms with E-state index in [0.717, 1.165) is 0 Å². The molecule has 2 N–H and O–H groups in total. The molecule has 0 saturated carbocycles. The number of aliphatic carboxylic acids is 1. The molecule has 1 aromatic rings. The van der Waals surface area contributed by atoms with E-state index in [9.17, 15) is 9.59 Å². The predicted molar refractivity (Wildman–Crippen MR) is 61.3 cm³/mol. The minimum atomic E-state index is -0.926. The maximum atomic E-state index is 11.6. The van der Waals surface area contributed by atoms with Crippen molar-refractivity contribution in [2.24, 2.45) is 0 Å². The predicted octanol–water partition coefficient (Wildman–Crippen LogP) is 0.643. The van der Waals surface area contributed by atoms with Gasteiger partial charge in [-0.3, -0.25) is 9.59 Å². The first kappa shape index (κ1) is 13.2. The van der Waals surface area contributed by atoms with Crippen molar-refractivity contribution in [3.63, 3.8) is 0 Å². The van der Waals surface area contributed by atoms with Crippen LogP contribution in [0.15, 0.2) is 18.7 Å². The zero-order chi connectivity index (χ0) is 12.9.